The Morgan fingerprint density at radius 2 is 2.00 bits per heavy atom. The van der Waals surface area contributed by atoms with Crippen LogP contribution in [-0.2, 0) is 11.8 Å². The Balaban J connectivity index is 1.78. The van der Waals surface area contributed by atoms with Gasteiger partial charge >= 0.3 is 0 Å². The van der Waals surface area contributed by atoms with Crippen LogP contribution < -0.4 is 4.90 Å². The van der Waals surface area contributed by atoms with Crippen LogP contribution in [0, 0.1) is 0 Å². The highest BCUT2D eigenvalue weighted by atomic mass is 16.5. The van der Waals surface area contributed by atoms with Gasteiger partial charge in [0.25, 0.3) is 0 Å². The number of anilines is 1. The second kappa shape index (κ2) is 5.77. The van der Waals surface area contributed by atoms with Gasteiger partial charge in [-0.2, -0.15) is 0 Å². The summed E-state index contributed by atoms with van der Waals surface area (Å²) in [6, 6.07) is 1.79. The Morgan fingerprint density at radius 1 is 1.24 bits per heavy atom. The van der Waals surface area contributed by atoms with Crippen molar-refractivity contribution in [3.63, 3.8) is 0 Å². The van der Waals surface area contributed by atoms with Crippen molar-refractivity contribution in [3.05, 3.63) is 18.5 Å². The monoisotopic (exact) mass is 288 g/mol. The van der Waals surface area contributed by atoms with Gasteiger partial charge in [0.05, 0.1) is 12.2 Å². The van der Waals surface area contributed by atoms with E-state index in [9.17, 15) is 0 Å². The summed E-state index contributed by atoms with van der Waals surface area (Å²) in [6.07, 6.45) is 4.95. The minimum Gasteiger partial charge on any atom is -0.374 e. The van der Waals surface area contributed by atoms with Crippen molar-refractivity contribution < 1.29 is 4.74 Å². The van der Waals surface area contributed by atoms with Crippen LogP contribution in [0.2, 0.25) is 0 Å². The number of hydrogen-bond acceptors (Lipinski definition) is 6. The van der Waals surface area contributed by atoms with Crippen molar-refractivity contribution in [2.75, 3.05) is 18.0 Å². The van der Waals surface area contributed by atoms with Crippen LogP contribution in [-0.4, -0.2) is 50.0 Å². The molecule has 7 nitrogen and oxygen atoms in total. The first kappa shape index (κ1) is 13.9. The van der Waals surface area contributed by atoms with E-state index < -0.39 is 0 Å². The molecule has 112 valence electrons. The lowest BCUT2D eigenvalue weighted by molar-refractivity contribution is 0.0210. The maximum Gasteiger partial charge on any atom is 0.227 e. The number of nitrogens with zero attached hydrogens (tertiary/aromatic N) is 6. The SMILES string of the molecule is CC(C)O[C@@H]1CCN(c2nnc(-c3ncccn3)n2C)C1. The third-order valence-corrected chi connectivity index (χ3v) is 3.51. The first-order valence-electron chi connectivity index (χ1n) is 7.22. The molecule has 0 radical (unpaired) electrons. The zero-order valence-electron chi connectivity index (χ0n) is 12.6. The summed E-state index contributed by atoms with van der Waals surface area (Å²) < 4.78 is 7.81. The first-order valence-corrected chi connectivity index (χ1v) is 7.22. The fourth-order valence-corrected chi connectivity index (χ4v) is 2.61. The topological polar surface area (TPSA) is 69.0 Å². The van der Waals surface area contributed by atoms with E-state index in [0.29, 0.717) is 11.6 Å². The van der Waals surface area contributed by atoms with Gasteiger partial charge in [-0.1, -0.05) is 0 Å². The minimum atomic E-state index is 0.253. The summed E-state index contributed by atoms with van der Waals surface area (Å²) in [6.45, 7) is 5.91. The van der Waals surface area contributed by atoms with Gasteiger partial charge in [-0.25, -0.2) is 9.97 Å². The van der Waals surface area contributed by atoms with Crippen molar-refractivity contribution in [2.24, 2.45) is 7.05 Å². The summed E-state index contributed by atoms with van der Waals surface area (Å²) in [7, 11) is 1.94. The van der Waals surface area contributed by atoms with Gasteiger partial charge in [-0.05, 0) is 26.3 Å². The minimum absolute atomic E-state index is 0.253. The van der Waals surface area contributed by atoms with E-state index in [1.807, 2.05) is 11.6 Å². The quantitative estimate of drug-likeness (QED) is 0.844. The molecule has 1 saturated heterocycles. The fourth-order valence-electron chi connectivity index (χ4n) is 2.61. The van der Waals surface area contributed by atoms with Crippen LogP contribution in [0.1, 0.15) is 20.3 Å². The standard InChI is InChI=1S/C14H20N6O/c1-10(2)21-11-5-8-20(9-11)14-18-17-13(19(14)3)12-15-6-4-7-16-12/h4,6-7,10-11H,5,8-9H2,1-3H3/t11-/m1/s1. The Kier molecular flexibility index (Phi) is 3.83. The number of ether oxygens (including phenoxy) is 1. The lowest BCUT2D eigenvalue weighted by atomic mass is 10.3. The zero-order valence-corrected chi connectivity index (χ0v) is 12.6. The third-order valence-electron chi connectivity index (χ3n) is 3.51. The van der Waals surface area contributed by atoms with Gasteiger partial charge in [-0.15, -0.1) is 10.2 Å². The highest BCUT2D eigenvalue weighted by Crippen LogP contribution is 2.23. The molecule has 1 aliphatic heterocycles. The molecule has 0 amide bonds. The van der Waals surface area contributed by atoms with Crippen molar-refractivity contribution in [2.45, 2.75) is 32.5 Å². The zero-order chi connectivity index (χ0) is 14.8. The highest BCUT2D eigenvalue weighted by Gasteiger charge is 2.28. The summed E-state index contributed by atoms with van der Waals surface area (Å²) in [5, 5.41) is 8.51. The molecule has 0 N–H and O–H groups in total. The number of aromatic nitrogens is 5. The average Bonchev–Trinajstić information content (AvgIpc) is 3.06. The summed E-state index contributed by atoms with van der Waals surface area (Å²) >= 11 is 0. The van der Waals surface area contributed by atoms with Crippen LogP contribution >= 0.6 is 0 Å². The van der Waals surface area contributed by atoms with E-state index >= 15 is 0 Å². The maximum atomic E-state index is 5.87. The Labute approximate surface area is 124 Å². The molecule has 3 heterocycles. The molecule has 0 spiro atoms. The summed E-state index contributed by atoms with van der Waals surface area (Å²) in [5.74, 6) is 2.11. The normalized spacial score (nSPS) is 18.7. The van der Waals surface area contributed by atoms with Crippen LogP contribution in [0.4, 0.5) is 5.95 Å². The van der Waals surface area contributed by atoms with Crippen LogP contribution in [0.5, 0.6) is 0 Å². The Morgan fingerprint density at radius 3 is 2.71 bits per heavy atom. The molecule has 0 saturated carbocycles. The van der Waals surface area contributed by atoms with Crippen molar-refractivity contribution in [3.8, 4) is 11.6 Å². The second-order valence-corrected chi connectivity index (χ2v) is 5.50. The molecule has 0 unspecified atom stereocenters. The molecule has 2 aromatic rings. The van der Waals surface area contributed by atoms with Crippen LogP contribution in [0.3, 0.4) is 0 Å². The van der Waals surface area contributed by atoms with E-state index in [2.05, 4.69) is 38.9 Å². The molecule has 0 aromatic carbocycles. The van der Waals surface area contributed by atoms with E-state index in [1.54, 1.807) is 18.5 Å². The number of hydrogen-bond donors (Lipinski definition) is 0. The van der Waals surface area contributed by atoms with Gasteiger partial charge in [0.2, 0.25) is 11.8 Å². The first-order chi connectivity index (χ1) is 10.1. The smallest absolute Gasteiger partial charge is 0.227 e. The van der Waals surface area contributed by atoms with Gasteiger partial charge in [0.1, 0.15) is 0 Å². The van der Waals surface area contributed by atoms with Crippen molar-refractivity contribution in [1.82, 2.24) is 24.7 Å². The van der Waals surface area contributed by atoms with E-state index in [1.165, 1.54) is 0 Å². The lowest BCUT2D eigenvalue weighted by Gasteiger charge is -2.18. The fraction of sp³-hybridized carbons (Fsp3) is 0.571. The predicted octanol–water partition coefficient (Wildman–Crippen LogP) is 1.28. The molecular formula is C14H20N6O. The maximum absolute atomic E-state index is 5.87. The summed E-state index contributed by atoms with van der Waals surface area (Å²) in [5.41, 5.74) is 0. The van der Waals surface area contributed by atoms with Crippen molar-refractivity contribution in [1.29, 1.82) is 0 Å². The second-order valence-electron chi connectivity index (χ2n) is 5.50. The van der Waals surface area contributed by atoms with Gasteiger partial charge in [-0.3, -0.25) is 4.57 Å². The van der Waals surface area contributed by atoms with Crippen molar-refractivity contribution >= 4 is 5.95 Å². The average molecular weight is 288 g/mol. The summed E-state index contributed by atoms with van der Waals surface area (Å²) in [4.78, 5) is 10.7. The largest absolute Gasteiger partial charge is 0.374 e. The molecule has 3 rings (SSSR count). The van der Waals surface area contributed by atoms with Crippen LogP contribution in [0.25, 0.3) is 11.6 Å². The van der Waals surface area contributed by atoms with Gasteiger partial charge in [0.15, 0.2) is 5.82 Å². The Bertz CT molecular complexity index is 597. The molecule has 2 aromatic heterocycles. The Hall–Kier alpha value is -2.02. The van der Waals surface area contributed by atoms with E-state index in [0.717, 1.165) is 25.5 Å². The highest BCUT2D eigenvalue weighted by molar-refractivity contribution is 5.48. The molecular weight excluding hydrogens is 268 g/mol. The number of rotatable bonds is 4. The lowest BCUT2D eigenvalue weighted by Crippen LogP contribution is -2.26. The predicted molar refractivity (Wildman–Crippen MR) is 78.9 cm³/mol. The van der Waals surface area contributed by atoms with Gasteiger partial charge < -0.3 is 9.64 Å². The molecule has 1 fully saturated rings. The third kappa shape index (κ3) is 2.87. The molecule has 0 aliphatic carbocycles. The molecule has 7 heteroatoms. The van der Waals surface area contributed by atoms with E-state index in [-0.39, 0.29) is 12.2 Å². The van der Waals surface area contributed by atoms with E-state index in [4.69, 9.17) is 4.74 Å². The van der Waals surface area contributed by atoms with Gasteiger partial charge in [0, 0.05) is 32.5 Å². The molecule has 21 heavy (non-hydrogen) atoms. The van der Waals surface area contributed by atoms with Crippen LogP contribution in [0.15, 0.2) is 18.5 Å². The molecule has 1 atom stereocenters. The molecule has 0 bridgehead atoms. The molecule has 1 aliphatic rings.